The van der Waals surface area contributed by atoms with Gasteiger partial charge in [0.1, 0.15) is 0 Å². The summed E-state index contributed by atoms with van der Waals surface area (Å²) in [6, 6.07) is 27.6. The van der Waals surface area contributed by atoms with Gasteiger partial charge in [-0.3, -0.25) is 4.90 Å². The third-order valence-corrected chi connectivity index (χ3v) is 3.96. The SMILES string of the molecule is S=C(Nc1ccccc1Cl)N(c1ccccc1)c1ccccc1. The van der Waals surface area contributed by atoms with Crippen LogP contribution in [0.3, 0.4) is 0 Å². The fourth-order valence-corrected chi connectivity index (χ4v) is 2.78. The van der Waals surface area contributed by atoms with Crippen molar-refractivity contribution in [1.82, 2.24) is 0 Å². The third kappa shape index (κ3) is 3.70. The molecule has 0 amide bonds. The van der Waals surface area contributed by atoms with Gasteiger partial charge in [0, 0.05) is 11.4 Å². The highest BCUT2D eigenvalue weighted by Gasteiger charge is 2.15. The third-order valence-electron chi connectivity index (χ3n) is 3.35. The van der Waals surface area contributed by atoms with Crippen LogP contribution in [-0.2, 0) is 0 Å². The Balaban J connectivity index is 1.96. The Kier molecular flexibility index (Phi) is 4.91. The van der Waals surface area contributed by atoms with Crippen LogP contribution in [-0.4, -0.2) is 5.11 Å². The molecule has 0 aliphatic rings. The lowest BCUT2D eigenvalue weighted by atomic mass is 10.2. The second-order valence-corrected chi connectivity index (χ2v) is 5.71. The number of halogens is 1. The Morgan fingerprint density at radius 3 is 1.74 bits per heavy atom. The first-order valence-electron chi connectivity index (χ1n) is 7.21. The Hall–Kier alpha value is -2.36. The topological polar surface area (TPSA) is 15.3 Å². The first-order chi connectivity index (χ1) is 11.3. The molecule has 0 aliphatic heterocycles. The molecule has 23 heavy (non-hydrogen) atoms. The average molecular weight is 339 g/mol. The molecule has 0 aliphatic carbocycles. The first kappa shape index (κ1) is 15.5. The predicted molar refractivity (Wildman–Crippen MR) is 103 cm³/mol. The Morgan fingerprint density at radius 2 is 1.22 bits per heavy atom. The molecule has 0 unspecified atom stereocenters. The molecular formula is C19H15ClN2S. The summed E-state index contributed by atoms with van der Waals surface area (Å²) in [5.41, 5.74) is 2.77. The van der Waals surface area contributed by atoms with Gasteiger partial charge in [-0.25, -0.2) is 0 Å². The number of thiocarbonyl (C=S) groups is 1. The summed E-state index contributed by atoms with van der Waals surface area (Å²) in [5.74, 6) is 0. The molecule has 3 aromatic rings. The van der Waals surface area contributed by atoms with Crippen LogP contribution in [0.2, 0.25) is 5.02 Å². The molecular weight excluding hydrogens is 324 g/mol. The normalized spacial score (nSPS) is 10.1. The Morgan fingerprint density at radius 1 is 0.739 bits per heavy atom. The van der Waals surface area contributed by atoms with Gasteiger partial charge < -0.3 is 5.32 Å². The lowest BCUT2D eigenvalue weighted by Gasteiger charge is -2.26. The van der Waals surface area contributed by atoms with Crippen molar-refractivity contribution in [2.24, 2.45) is 0 Å². The van der Waals surface area contributed by atoms with Crippen LogP contribution < -0.4 is 10.2 Å². The number of benzene rings is 3. The van der Waals surface area contributed by atoms with Gasteiger partial charge in [-0.05, 0) is 48.6 Å². The van der Waals surface area contributed by atoms with Crippen molar-refractivity contribution in [2.45, 2.75) is 0 Å². The molecule has 114 valence electrons. The number of nitrogens with zero attached hydrogens (tertiary/aromatic N) is 1. The molecule has 0 bridgehead atoms. The van der Waals surface area contributed by atoms with Crippen molar-refractivity contribution in [3.8, 4) is 0 Å². The molecule has 1 N–H and O–H groups in total. The summed E-state index contributed by atoms with van der Waals surface area (Å²) in [5, 5.41) is 4.43. The van der Waals surface area contributed by atoms with Crippen LogP contribution in [0.4, 0.5) is 17.1 Å². The average Bonchev–Trinajstić information content (AvgIpc) is 2.59. The van der Waals surface area contributed by atoms with Gasteiger partial charge in [0.25, 0.3) is 0 Å². The summed E-state index contributed by atoms with van der Waals surface area (Å²) in [6.45, 7) is 0. The maximum atomic E-state index is 6.22. The molecule has 0 radical (unpaired) electrons. The number of rotatable bonds is 3. The van der Waals surface area contributed by atoms with E-state index in [0.717, 1.165) is 17.1 Å². The van der Waals surface area contributed by atoms with Gasteiger partial charge >= 0.3 is 0 Å². The summed E-state index contributed by atoms with van der Waals surface area (Å²) >= 11 is 11.9. The van der Waals surface area contributed by atoms with Crippen LogP contribution >= 0.6 is 23.8 Å². The van der Waals surface area contributed by atoms with E-state index in [-0.39, 0.29) is 0 Å². The molecule has 0 atom stereocenters. The molecule has 0 fully saturated rings. The standard InChI is InChI=1S/C19H15ClN2S/c20-17-13-7-8-14-18(17)21-19(23)22(15-9-3-1-4-10-15)16-11-5-2-6-12-16/h1-14H,(H,21,23). The number of hydrogen-bond acceptors (Lipinski definition) is 1. The van der Waals surface area contributed by atoms with E-state index in [1.165, 1.54) is 0 Å². The molecule has 3 aromatic carbocycles. The van der Waals surface area contributed by atoms with E-state index in [4.69, 9.17) is 23.8 Å². The maximum absolute atomic E-state index is 6.22. The molecule has 0 saturated carbocycles. The van der Waals surface area contributed by atoms with Crippen molar-refractivity contribution in [3.63, 3.8) is 0 Å². The molecule has 0 spiro atoms. The summed E-state index contributed by atoms with van der Waals surface area (Å²) in [4.78, 5) is 1.98. The van der Waals surface area contributed by atoms with Gasteiger partial charge in [0.2, 0.25) is 0 Å². The van der Waals surface area contributed by atoms with Gasteiger partial charge in [-0.1, -0.05) is 60.1 Å². The zero-order valence-electron chi connectivity index (χ0n) is 12.3. The lowest BCUT2D eigenvalue weighted by Crippen LogP contribution is -2.30. The predicted octanol–water partition coefficient (Wildman–Crippen LogP) is 5.88. The van der Waals surface area contributed by atoms with E-state index in [1.807, 2.05) is 89.8 Å². The minimum Gasteiger partial charge on any atom is -0.331 e. The van der Waals surface area contributed by atoms with Gasteiger partial charge in [-0.2, -0.15) is 0 Å². The zero-order valence-corrected chi connectivity index (χ0v) is 13.9. The monoisotopic (exact) mass is 338 g/mol. The van der Waals surface area contributed by atoms with E-state index in [1.54, 1.807) is 0 Å². The van der Waals surface area contributed by atoms with Crippen LogP contribution in [0.25, 0.3) is 0 Å². The largest absolute Gasteiger partial charge is 0.331 e. The molecule has 0 saturated heterocycles. The second-order valence-electron chi connectivity index (χ2n) is 4.92. The minimum atomic E-state index is 0.565. The fourth-order valence-electron chi connectivity index (χ4n) is 2.27. The molecule has 4 heteroatoms. The summed E-state index contributed by atoms with van der Waals surface area (Å²) < 4.78 is 0. The van der Waals surface area contributed by atoms with Crippen LogP contribution in [0.1, 0.15) is 0 Å². The molecule has 0 aromatic heterocycles. The van der Waals surface area contributed by atoms with Gasteiger partial charge in [-0.15, -0.1) is 0 Å². The van der Waals surface area contributed by atoms with E-state index < -0.39 is 0 Å². The van der Waals surface area contributed by atoms with Crippen molar-refractivity contribution in [1.29, 1.82) is 0 Å². The highest BCUT2D eigenvalue weighted by molar-refractivity contribution is 7.80. The van der Waals surface area contributed by atoms with Crippen molar-refractivity contribution >= 4 is 46.0 Å². The fraction of sp³-hybridized carbons (Fsp3) is 0. The van der Waals surface area contributed by atoms with Crippen LogP contribution in [0.5, 0.6) is 0 Å². The van der Waals surface area contributed by atoms with Crippen molar-refractivity contribution in [3.05, 3.63) is 90.0 Å². The summed E-state index contributed by atoms with van der Waals surface area (Å²) in [6.07, 6.45) is 0. The molecule has 2 nitrogen and oxygen atoms in total. The summed E-state index contributed by atoms with van der Waals surface area (Å²) in [7, 11) is 0. The van der Waals surface area contributed by atoms with E-state index >= 15 is 0 Å². The van der Waals surface area contributed by atoms with E-state index in [0.29, 0.717) is 10.1 Å². The second kappa shape index (κ2) is 7.27. The van der Waals surface area contributed by atoms with Crippen molar-refractivity contribution in [2.75, 3.05) is 10.2 Å². The lowest BCUT2D eigenvalue weighted by molar-refractivity contribution is 1.35. The van der Waals surface area contributed by atoms with Crippen LogP contribution in [0, 0.1) is 0 Å². The van der Waals surface area contributed by atoms with Crippen molar-refractivity contribution < 1.29 is 0 Å². The van der Waals surface area contributed by atoms with E-state index in [9.17, 15) is 0 Å². The Labute approximate surface area is 146 Å². The van der Waals surface area contributed by atoms with Gasteiger partial charge in [0.05, 0.1) is 10.7 Å². The maximum Gasteiger partial charge on any atom is 0.182 e. The number of para-hydroxylation sites is 3. The highest BCUT2D eigenvalue weighted by Crippen LogP contribution is 2.27. The molecule has 0 heterocycles. The van der Waals surface area contributed by atoms with Gasteiger partial charge in [0.15, 0.2) is 5.11 Å². The number of hydrogen-bond donors (Lipinski definition) is 1. The molecule has 3 rings (SSSR count). The number of anilines is 3. The van der Waals surface area contributed by atoms with E-state index in [2.05, 4.69) is 5.32 Å². The zero-order chi connectivity index (χ0) is 16.1. The smallest absolute Gasteiger partial charge is 0.182 e. The number of nitrogens with one attached hydrogen (secondary N) is 1. The highest BCUT2D eigenvalue weighted by atomic mass is 35.5. The van der Waals surface area contributed by atoms with Crippen LogP contribution in [0.15, 0.2) is 84.9 Å². The quantitative estimate of drug-likeness (QED) is 0.601. The first-order valence-corrected chi connectivity index (χ1v) is 8.00. The Bertz CT molecular complexity index is 751. The minimum absolute atomic E-state index is 0.565.